The highest BCUT2D eigenvalue weighted by atomic mass is 16.6. The number of aliphatic hydroxyl groups excluding tert-OH is 1. The van der Waals surface area contributed by atoms with Crippen molar-refractivity contribution in [3.05, 3.63) is 33.9 Å². The lowest BCUT2D eigenvalue weighted by Crippen LogP contribution is -2.34. The third-order valence-corrected chi connectivity index (χ3v) is 3.15. The highest BCUT2D eigenvalue weighted by Gasteiger charge is 2.22. The lowest BCUT2D eigenvalue weighted by Gasteiger charge is -2.28. The van der Waals surface area contributed by atoms with E-state index in [4.69, 9.17) is 4.74 Å². The lowest BCUT2D eigenvalue weighted by atomic mass is 10.1. The third-order valence-electron chi connectivity index (χ3n) is 3.15. The van der Waals surface area contributed by atoms with E-state index in [1.54, 1.807) is 26.2 Å². The van der Waals surface area contributed by atoms with Gasteiger partial charge in [0.2, 0.25) is 0 Å². The standard InChI is InChI=1S/C14H22N2O4/c1-10(2)15(7-8-20-4)13-6-5-12(11(3)17)9-14(13)16(18)19/h5-6,9-11,17H,7-8H2,1-4H3/t11-/m1/s1. The van der Waals surface area contributed by atoms with Crippen LogP contribution in [0.3, 0.4) is 0 Å². The topological polar surface area (TPSA) is 75.8 Å². The zero-order valence-electron chi connectivity index (χ0n) is 12.4. The van der Waals surface area contributed by atoms with Crippen molar-refractivity contribution >= 4 is 11.4 Å². The quantitative estimate of drug-likeness (QED) is 0.614. The number of hydrogen-bond donors (Lipinski definition) is 1. The summed E-state index contributed by atoms with van der Waals surface area (Å²) in [7, 11) is 1.60. The van der Waals surface area contributed by atoms with Gasteiger partial charge >= 0.3 is 0 Å². The molecule has 6 heteroatoms. The van der Waals surface area contributed by atoms with Crippen LogP contribution in [0.5, 0.6) is 0 Å². The first-order valence-electron chi connectivity index (χ1n) is 6.60. The van der Waals surface area contributed by atoms with Gasteiger partial charge in [-0.15, -0.1) is 0 Å². The van der Waals surface area contributed by atoms with E-state index in [0.29, 0.717) is 24.4 Å². The summed E-state index contributed by atoms with van der Waals surface area (Å²) in [6.07, 6.45) is -0.728. The molecule has 0 amide bonds. The van der Waals surface area contributed by atoms with Gasteiger partial charge in [0, 0.05) is 25.8 Å². The number of nitro benzene ring substituents is 1. The maximum Gasteiger partial charge on any atom is 0.292 e. The van der Waals surface area contributed by atoms with Gasteiger partial charge in [0.15, 0.2) is 0 Å². The van der Waals surface area contributed by atoms with Crippen molar-refractivity contribution in [2.24, 2.45) is 0 Å². The maximum atomic E-state index is 11.3. The van der Waals surface area contributed by atoms with Crippen LogP contribution in [0.4, 0.5) is 11.4 Å². The molecular weight excluding hydrogens is 260 g/mol. The Balaban J connectivity index is 3.22. The van der Waals surface area contributed by atoms with Gasteiger partial charge in [-0.25, -0.2) is 0 Å². The second-order valence-corrected chi connectivity index (χ2v) is 4.96. The fourth-order valence-corrected chi connectivity index (χ4v) is 2.04. The normalized spacial score (nSPS) is 12.5. The van der Waals surface area contributed by atoms with Crippen LogP contribution in [0.1, 0.15) is 32.4 Å². The minimum absolute atomic E-state index is 0.00760. The molecule has 0 bridgehead atoms. The number of benzene rings is 1. The zero-order chi connectivity index (χ0) is 15.3. The van der Waals surface area contributed by atoms with Crippen LogP contribution in [0.15, 0.2) is 18.2 Å². The summed E-state index contributed by atoms with van der Waals surface area (Å²) < 4.78 is 5.05. The largest absolute Gasteiger partial charge is 0.389 e. The Morgan fingerprint density at radius 3 is 2.50 bits per heavy atom. The van der Waals surface area contributed by atoms with Crippen LogP contribution >= 0.6 is 0 Å². The number of nitro groups is 1. The number of anilines is 1. The maximum absolute atomic E-state index is 11.3. The van der Waals surface area contributed by atoms with Crippen LogP contribution < -0.4 is 4.90 Å². The van der Waals surface area contributed by atoms with Crippen molar-refractivity contribution in [1.82, 2.24) is 0 Å². The molecule has 0 radical (unpaired) electrons. The van der Waals surface area contributed by atoms with E-state index in [1.165, 1.54) is 6.07 Å². The third kappa shape index (κ3) is 3.91. The Hall–Kier alpha value is -1.66. The highest BCUT2D eigenvalue weighted by Crippen LogP contribution is 2.32. The van der Waals surface area contributed by atoms with Gasteiger partial charge in [0.25, 0.3) is 5.69 Å². The van der Waals surface area contributed by atoms with Gasteiger partial charge in [0.1, 0.15) is 5.69 Å². The Morgan fingerprint density at radius 1 is 1.40 bits per heavy atom. The molecule has 1 N–H and O–H groups in total. The van der Waals surface area contributed by atoms with Gasteiger partial charge in [-0.2, -0.15) is 0 Å². The number of nitrogens with zero attached hydrogens (tertiary/aromatic N) is 2. The molecule has 0 aliphatic rings. The van der Waals surface area contributed by atoms with Gasteiger partial charge < -0.3 is 14.7 Å². The van der Waals surface area contributed by atoms with Crippen molar-refractivity contribution in [1.29, 1.82) is 0 Å². The minimum atomic E-state index is -0.728. The fraction of sp³-hybridized carbons (Fsp3) is 0.571. The van der Waals surface area contributed by atoms with Gasteiger partial charge in [0.05, 0.1) is 17.6 Å². The summed E-state index contributed by atoms with van der Waals surface area (Å²) in [5.41, 5.74) is 1.09. The van der Waals surface area contributed by atoms with Crippen molar-refractivity contribution in [2.45, 2.75) is 32.9 Å². The summed E-state index contributed by atoms with van der Waals surface area (Å²) in [5.74, 6) is 0. The SMILES string of the molecule is COCCN(c1ccc([C@@H](C)O)cc1[N+](=O)[O-])C(C)C. The van der Waals surface area contributed by atoms with E-state index in [-0.39, 0.29) is 11.7 Å². The number of ether oxygens (including phenoxy) is 1. The first-order valence-corrected chi connectivity index (χ1v) is 6.60. The molecule has 1 rings (SSSR count). The highest BCUT2D eigenvalue weighted by molar-refractivity contribution is 5.65. The second kappa shape index (κ2) is 7.21. The zero-order valence-corrected chi connectivity index (χ0v) is 12.4. The molecule has 0 aliphatic heterocycles. The molecule has 6 nitrogen and oxygen atoms in total. The molecule has 0 unspecified atom stereocenters. The van der Waals surface area contributed by atoms with Crippen molar-refractivity contribution in [3.8, 4) is 0 Å². The van der Waals surface area contributed by atoms with Crippen LogP contribution in [0.2, 0.25) is 0 Å². The molecule has 0 spiro atoms. The minimum Gasteiger partial charge on any atom is -0.389 e. The molecule has 0 heterocycles. The summed E-state index contributed by atoms with van der Waals surface area (Å²) in [6.45, 7) is 6.60. The summed E-state index contributed by atoms with van der Waals surface area (Å²) in [6, 6.07) is 4.95. The number of aliphatic hydroxyl groups is 1. The summed E-state index contributed by atoms with van der Waals surface area (Å²) in [5, 5.41) is 20.8. The van der Waals surface area contributed by atoms with E-state index < -0.39 is 11.0 Å². The van der Waals surface area contributed by atoms with Gasteiger partial charge in [-0.1, -0.05) is 6.07 Å². The van der Waals surface area contributed by atoms with E-state index in [2.05, 4.69) is 0 Å². The molecule has 0 saturated heterocycles. The first-order chi connectivity index (χ1) is 9.38. The van der Waals surface area contributed by atoms with Gasteiger partial charge in [-0.05, 0) is 32.4 Å². The Bertz CT molecular complexity index is 460. The van der Waals surface area contributed by atoms with Crippen molar-refractivity contribution < 1.29 is 14.8 Å². The summed E-state index contributed by atoms with van der Waals surface area (Å²) >= 11 is 0. The number of hydrogen-bond acceptors (Lipinski definition) is 5. The van der Waals surface area contributed by atoms with Crippen molar-refractivity contribution in [2.75, 3.05) is 25.2 Å². The van der Waals surface area contributed by atoms with Crippen LogP contribution in [0, 0.1) is 10.1 Å². The molecule has 1 aromatic rings. The van der Waals surface area contributed by atoms with Crippen LogP contribution in [0.25, 0.3) is 0 Å². The lowest BCUT2D eigenvalue weighted by molar-refractivity contribution is -0.384. The molecule has 112 valence electrons. The average molecular weight is 282 g/mol. The molecule has 20 heavy (non-hydrogen) atoms. The molecule has 1 aromatic carbocycles. The average Bonchev–Trinajstić information content (AvgIpc) is 2.38. The Morgan fingerprint density at radius 2 is 2.05 bits per heavy atom. The van der Waals surface area contributed by atoms with Crippen LogP contribution in [-0.4, -0.2) is 36.3 Å². The van der Waals surface area contributed by atoms with E-state index in [9.17, 15) is 15.2 Å². The Kier molecular flexibility index (Phi) is 5.91. The molecule has 0 aliphatic carbocycles. The summed E-state index contributed by atoms with van der Waals surface area (Å²) in [4.78, 5) is 12.8. The molecule has 0 aromatic heterocycles. The predicted octanol–water partition coefficient (Wildman–Crippen LogP) is 2.51. The van der Waals surface area contributed by atoms with E-state index in [1.807, 2.05) is 18.7 Å². The van der Waals surface area contributed by atoms with Crippen LogP contribution in [-0.2, 0) is 4.74 Å². The Labute approximate surface area is 119 Å². The fourth-order valence-electron chi connectivity index (χ4n) is 2.04. The first kappa shape index (κ1) is 16.4. The second-order valence-electron chi connectivity index (χ2n) is 4.96. The van der Waals surface area contributed by atoms with E-state index >= 15 is 0 Å². The monoisotopic (exact) mass is 282 g/mol. The molecule has 0 fully saturated rings. The number of rotatable bonds is 7. The van der Waals surface area contributed by atoms with Gasteiger partial charge in [-0.3, -0.25) is 10.1 Å². The van der Waals surface area contributed by atoms with Crippen molar-refractivity contribution in [3.63, 3.8) is 0 Å². The predicted molar refractivity (Wildman–Crippen MR) is 78.1 cm³/mol. The molecule has 1 atom stereocenters. The van der Waals surface area contributed by atoms with E-state index in [0.717, 1.165) is 0 Å². The smallest absolute Gasteiger partial charge is 0.292 e. The number of methoxy groups -OCH3 is 1. The molecule has 0 saturated carbocycles. The molecular formula is C14H22N2O4.